The first-order valence-electron chi connectivity index (χ1n) is 4.85. The highest BCUT2D eigenvalue weighted by molar-refractivity contribution is 14.1. The second-order valence-electron chi connectivity index (χ2n) is 4.12. The predicted molar refractivity (Wildman–Crippen MR) is 64.9 cm³/mol. The normalized spacial score (nSPS) is 15.5. The van der Waals surface area contributed by atoms with E-state index >= 15 is 0 Å². The van der Waals surface area contributed by atoms with E-state index in [2.05, 4.69) is 48.7 Å². The number of halogens is 1. The van der Waals surface area contributed by atoms with Crippen molar-refractivity contribution in [3.63, 3.8) is 0 Å². The third-order valence-electron chi connectivity index (χ3n) is 1.77. The molecule has 3 heteroatoms. The topological polar surface area (TPSA) is 29.1 Å². The van der Waals surface area contributed by atoms with Gasteiger partial charge < -0.3 is 5.32 Å². The highest BCUT2D eigenvalue weighted by Crippen LogP contribution is 2.14. The van der Waals surface area contributed by atoms with Crippen LogP contribution in [-0.4, -0.2) is 9.96 Å². The van der Waals surface area contributed by atoms with E-state index in [0.29, 0.717) is 18.3 Å². The average Bonchev–Trinajstić information content (AvgIpc) is 1.80. The van der Waals surface area contributed by atoms with Crippen molar-refractivity contribution < 1.29 is 4.79 Å². The molecule has 0 aliphatic carbocycles. The van der Waals surface area contributed by atoms with Gasteiger partial charge in [0.1, 0.15) is 0 Å². The molecule has 0 aliphatic rings. The number of amides is 1. The third kappa shape index (κ3) is 8.53. The minimum Gasteiger partial charge on any atom is -0.345 e. The molecule has 1 amide bonds. The van der Waals surface area contributed by atoms with Crippen molar-refractivity contribution in [1.82, 2.24) is 5.32 Å². The van der Waals surface area contributed by atoms with Crippen molar-refractivity contribution in [3.05, 3.63) is 0 Å². The van der Waals surface area contributed by atoms with E-state index in [9.17, 15) is 4.79 Å². The number of nitrogens with one attached hydrogen (secondary N) is 1. The van der Waals surface area contributed by atoms with Crippen LogP contribution in [0.3, 0.4) is 0 Å². The van der Waals surface area contributed by atoms with Gasteiger partial charge in [0, 0.05) is 6.42 Å². The molecule has 1 unspecified atom stereocenters. The fourth-order valence-corrected chi connectivity index (χ4v) is 1.83. The summed E-state index contributed by atoms with van der Waals surface area (Å²) in [4.78, 5) is 11.3. The molecule has 0 aromatic heterocycles. The smallest absolute Gasteiger partial charge is 0.221 e. The number of alkyl halides is 1. The fraction of sp³-hybridized carbons (Fsp3) is 0.900. The quantitative estimate of drug-likeness (QED) is 0.472. The van der Waals surface area contributed by atoms with Gasteiger partial charge in [-0.2, -0.15) is 0 Å². The largest absolute Gasteiger partial charge is 0.345 e. The van der Waals surface area contributed by atoms with Gasteiger partial charge in [0.15, 0.2) is 0 Å². The van der Waals surface area contributed by atoms with Gasteiger partial charge in [0.2, 0.25) is 5.91 Å². The van der Waals surface area contributed by atoms with E-state index in [-0.39, 0.29) is 9.96 Å². The van der Waals surface area contributed by atoms with Gasteiger partial charge in [-0.15, -0.1) is 0 Å². The van der Waals surface area contributed by atoms with Crippen LogP contribution < -0.4 is 5.32 Å². The lowest BCUT2D eigenvalue weighted by Crippen LogP contribution is -2.29. The molecule has 0 aromatic rings. The standard InChI is InChI=1S/C10H20INO/c1-7(2)5-8(3)6-10(13)12-9(4)11/h7-9H,5-6H2,1-4H3,(H,12,13)/t8-,9?/m1/s1. The molecule has 0 aromatic carbocycles. The van der Waals surface area contributed by atoms with Gasteiger partial charge in [-0.05, 0) is 25.2 Å². The monoisotopic (exact) mass is 297 g/mol. The zero-order valence-corrected chi connectivity index (χ0v) is 11.1. The SMILES string of the molecule is CC(C)C[C@@H](C)CC(=O)NC(C)I. The van der Waals surface area contributed by atoms with Crippen LogP contribution in [0.4, 0.5) is 0 Å². The Balaban J connectivity index is 3.65. The third-order valence-corrected chi connectivity index (χ3v) is 2.08. The van der Waals surface area contributed by atoms with Crippen molar-refractivity contribution in [3.8, 4) is 0 Å². The molecule has 0 heterocycles. The van der Waals surface area contributed by atoms with Gasteiger partial charge in [0.05, 0.1) is 4.05 Å². The zero-order chi connectivity index (χ0) is 10.4. The lowest BCUT2D eigenvalue weighted by molar-refractivity contribution is -0.122. The van der Waals surface area contributed by atoms with E-state index in [1.54, 1.807) is 0 Å². The molecule has 2 atom stereocenters. The van der Waals surface area contributed by atoms with Gasteiger partial charge in [-0.1, -0.05) is 43.4 Å². The molecular formula is C10H20INO. The van der Waals surface area contributed by atoms with E-state index in [4.69, 9.17) is 0 Å². The highest BCUT2D eigenvalue weighted by atomic mass is 127. The van der Waals surface area contributed by atoms with Crippen LogP contribution in [-0.2, 0) is 4.79 Å². The molecule has 13 heavy (non-hydrogen) atoms. The van der Waals surface area contributed by atoms with Crippen LogP contribution in [0.25, 0.3) is 0 Å². The van der Waals surface area contributed by atoms with Crippen LogP contribution in [0, 0.1) is 11.8 Å². The molecule has 2 nitrogen and oxygen atoms in total. The lowest BCUT2D eigenvalue weighted by Gasteiger charge is -2.14. The van der Waals surface area contributed by atoms with Gasteiger partial charge in [-0.25, -0.2) is 0 Å². The Hall–Kier alpha value is 0.200. The maximum Gasteiger partial charge on any atom is 0.221 e. The molecule has 0 radical (unpaired) electrons. The first kappa shape index (κ1) is 13.2. The molecule has 0 bridgehead atoms. The summed E-state index contributed by atoms with van der Waals surface area (Å²) >= 11 is 2.20. The van der Waals surface area contributed by atoms with Crippen molar-refractivity contribution >= 4 is 28.5 Å². The molecule has 0 spiro atoms. The molecular weight excluding hydrogens is 277 g/mol. The van der Waals surface area contributed by atoms with Crippen molar-refractivity contribution in [1.29, 1.82) is 0 Å². The summed E-state index contributed by atoms with van der Waals surface area (Å²) in [6.07, 6.45) is 1.79. The minimum atomic E-state index is 0.176. The molecule has 0 rings (SSSR count). The molecule has 0 fully saturated rings. The number of carbonyl (C=O) groups excluding carboxylic acids is 1. The Morgan fingerprint density at radius 2 is 1.85 bits per heavy atom. The number of hydrogen-bond acceptors (Lipinski definition) is 1. The summed E-state index contributed by atoms with van der Waals surface area (Å²) in [5, 5.41) is 2.89. The molecule has 0 aliphatic heterocycles. The van der Waals surface area contributed by atoms with E-state index in [1.165, 1.54) is 0 Å². The number of rotatable bonds is 5. The maximum atomic E-state index is 11.3. The Bertz CT molecular complexity index is 157. The molecule has 78 valence electrons. The second-order valence-corrected chi connectivity index (χ2v) is 5.99. The first-order chi connectivity index (χ1) is 5.91. The van der Waals surface area contributed by atoms with Crippen LogP contribution >= 0.6 is 22.6 Å². The van der Waals surface area contributed by atoms with Crippen molar-refractivity contribution in [2.75, 3.05) is 0 Å². The molecule has 0 saturated heterocycles. The molecule has 1 N–H and O–H groups in total. The summed E-state index contributed by atoms with van der Waals surface area (Å²) in [7, 11) is 0. The van der Waals surface area contributed by atoms with E-state index in [0.717, 1.165) is 6.42 Å². The highest BCUT2D eigenvalue weighted by Gasteiger charge is 2.11. The summed E-state index contributed by atoms with van der Waals surface area (Å²) in [5.41, 5.74) is 0. The minimum absolute atomic E-state index is 0.176. The Kier molecular flexibility index (Phi) is 6.73. The summed E-state index contributed by atoms with van der Waals surface area (Å²) in [5.74, 6) is 1.35. The predicted octanol–water partition coefficient (Wildman–Crippen LogP) is 2.96. The van der Waals surface area contributed by atoms with Gasteiger partial charge in [0.25, 0.3) is 0 Å². The molecule has 0 saturated carbocycles. The second kappa shape index (κ2) is 6.62. The Labute approximate surface area is 95.0 Å². The van der Waals surface area contributed by atoms with Gasteiger partial charge >= 0.3 is 0 Å². The van der Waals surface area contributed by atoms with E-state index < -0.39 is 0 Å². The lowest BCUT2D eigenvalue weighted by atomic mass is 9.96. The van der Waals surface area contributed by atoms with Crippen LogP contribution in [0.2, 0.25) is 0 Å². The summed E-state index contributed by atoms with van der Waals surface area (Å²) in [6, 6.07) is 0. The first-order valence-corrected chi connectivity index (χ1v) is 6.09. The zero-order valence-electron chi connectivity index (χ0n) is 8.93. The number of hydrogen-bond donors (Lipinski definition) is 1. The van der Waals surface area contributed by atoms with Crippen LogP contribution in [0.1, 0.15) is 40.5 Å². The van der Waals surface area contributed by atoms with Gasteiger partial charge in [-0.3, -0.25) is 4.79 Å². The summed E-state index contributed by atoms with van der Waals surface area (Å²) < 4.78 is 0.233. The van der Waals surface area contributed by atoms with E-state index in [1.807, 2.05) is 6.92 Å². The van der Waals surface area contributed by atoms with Crippen LogP contribution in [0.15, 0.2) is 0 Å². The Morgan fingerprint density at radius 1 is 1.31 bits per heavy atom. The van der Waals surface area contributed by atoms with Crippen molar-refractivity contribution in [2.24, 2.45) is 11.8 Å². The summed E-state index contributed by atoms with van der Waals surface area (Å²) in [6.45, 7) is 8.49. The van der Waals surface area contributed by atoms with Crippen molar-refractivity contribution in [2.45, 2.75) is 44.6 Å². The maximum absolute atomic E-state index is 11.3. The average molecular weight is 297 g/mol. The Morgan fingerprint density at radius 3 is 2.23 bits per heavy atom. The fourth-order valence-electron chi connectivity index (χ4n) is 1.49. The van der Waals surface area contributed by atoms with Crippen LogP contribution in [0.5, 0.6) is 0 Å². The number of carbonyl (C=O) groups is 1.